The van der Waals surface area contributed by atoms with Crippen LogP contribution in [0.3, 0.4) is 0 Å². The summed E-state index contributed by atoms with van der Waals surface area (Å²) in [5, 5.41) is 11.2. The molecule has 2 heterocycles. The average molecular weight is 399 g/mol. The molecule has 0 spiro atoms. The summed E-state index contributed by atoms with van der Waals surface area (Å²) >= 11 is 0. The van der Waals surface area contributed by atoms with Gasteiger partial charge in [0, 0.05) is 51.5 Å². The number of benzene rings is 1. The van der Waals surface area contributed by atoms with E-state index < -0.39 is 0 Å². The Balaban J connectivity index is 1.41. The summed E-state index contributed by atoms with van der Waals surface area (Å²) in [6.07, 6.45) is 4.16. The molecule has 1 unspecified atom stereocenters. The second kappa shape index (κ2) is 11.0. The van der Waals surface area contributed by atoms with Crippen molar-refractivity contribution < 1.29 is 4.74 Å². The van der Waals surface area contributed by atoms with E-state index in [1.165, 1.54) is 5.56 Å². The van der Waals surface area contributed by atoms with Crippen LogP contribution in [0.1, 0.15) is 25.0 Å². The van der Waals surface area contributed by atoms with Crippen LogP contribution in [0.25, 0.3) is 0 Å². The van der Waals surface area contributed by atoms with Crippen LogP contribution in [0, 0.1) is 5.92 Å². The van der Waals surface area contributed by atoms with Crippen LogP contribution in [0.4, 0.5) is 0 Å². The Morgan fingerprint density at radius 3 is 2.83 bits per heavy atom. The van der Waals surface area contributed by atoms with Gasteiger partial charge in [-0.1, -0.05) is 44.2 Å². The number of aliphatic imine (C=N–C) groups is 1. The maximum atomic E-state index is 5.91. The molecular formula is C22H34N6O. The Morgan fingerprint density at radius 1 is 1.24 bits per heavy atom. The van der Waals surface area contributed by atoms with Crippen LogP contribution < -0.4 is 10.6 Å². The second-order valence-corrected chi connectivity index (χ2v) is 7.98. The zero-order chi connectivity index (χ0) is 20.5. The van der Waals surface area contributed by atoms with Crippen molar-refractivity contribution in [3.05, 3.63) is 53.9 Å². The lowest BCUT2D eigenvalue weighted by molar-refractivity contribution is -0.0284. The number of ether oxygens (including phenoxy) is 1. The van der Waals surface area contributed by atoms with Crippen LogP contribution in [0.5, 0.6) is 0 Å². The Hall–Kier alpha value is -2.38. The van der Waals surface area contributed by atoms with Gasteiger partial charge in [-0.05, 0) is 11.5 Å². The SMILES string of the molecule is CN=C(NCc1cnn(Cc2ccccc2)c1)NCC1CN(CC(C)C)CCO1. The molecule has 1 aromatic heterocycles. The fourth-order valence-corrected chi connectivity index (χ4v) is 3.56. The van der Waals surface area contributed by atoms with Gasteiger partial charge >= 0.3 is 0 Å². The number of aromatic nitrogens is 2. The number of guanidine groups is 1. The number of hydrogen-bond donors (Lipinski definition) is 2. The number of nitrogens with zero attached hydrogens (tertiary/aromatic N) is 4. The molecule has 1 aliphatic heterocycles. The van der Waals surface area contributed by atoms with Crippen molar-refractivity contribution in [2.45, 2.75) is 33.0 Å². The molecule has 3 rings (SSSR count). The highest BCUT2D eigenvalue weighted by Gasteiger charge is 2.21. The first-order chi connectivity index (χ1) is 14.1. The van der Waals surface area contributed by atoms with E-state index in [-0.39, 0.29) is 6.10 Å². The van der Waals surface area contributed by atoms with Gasteiger partial charge in [-0.15, -0.1) is 0 Å². The molecule has 2 aromatic rings. The molecule has 0 saturated carbocycles. The standard InChI is InChI=1S/C22H34N6O/c1-18(2)14-27-9-10-29-21(17-27)13-25-22(23-3)24-11-20-12-26-28(16-20)15-19-7-5-4-6-8-19/h4-8,12,16,18,21H,9-11,13-15,17H2,1-3H3,(H2,23,24,25). The van der Waals surface area contributed by atoms with Crippen LogP contribution in [0.2, 0.25) is 0 Å². The maximum Gasteiger partial charge on any atom is 0.191 e. The van der Waals surface area contributed by atoms with E-state index in [2.05, 4.69) is 69.9 Å². The lowest BCUT2D eigenvalue weighted by atomic mass is 10.2. The lowest BCUT2D eigenvalue weighted by Crippen LogP contribution is -2.50. The topological polar surface area (TPSA) is 66.7 Å². The summed E-state index contributed by atoms with van der Waals surface area (Å²) in [6, 6.07) is 10.4. The molecular weight excluding hydrogens is 364 g/mol. The van der Waals surface area contributed by atoms with Gasteiger partial charge in [0.05, 0.1) is 25.5 Å². The molecule has 2 N–H and O–H groups in total. The Bertz CT molecular complexity index is 758. The number of morpholine rings is 1. The highest BCUT2D eigenvalue weighted by molar-refractivity contribution is 5.79. The summed E-state index contributed by atoms with van der Waals surface area (Å²) in [6.45, 7) is 10.6. The monoisotopic (exact) mass is 398 g/mol. The van der Waals surface area contributed by atoms with E-state index in [0.717, 1.165) is 50.9 Å². The summed E-state index contributed by atoms with van der Waals surface area (Å²) in [5.41, 5.74) is 2.37. The molecule has 158 valence electrons. The van der Waals surface area contributed by atoms with Crippen molar-refractivity contribution in [1.29, 1.82) is 0 Å². The predicted molar refractivity (Wildman–Crippen MR) is 117 cm³/mol. The van der Waals surface area contributed by atoms with Gasteiger partial charge in [0.2, 0.25) is 0 Å². The quantitative estimate of drug-likeness (QED) is 0.526. The van der Waals surface area contributed by atoms with E-state index in [9.17, 15) is 0 Å². The Labute approximate surface area is 174 Å². The number of nitrogens with one attached hydrogen (secondary N) is 2. The molecule has 0 bridgehead atoms. The summed E-state index contributed by atoms with van der Waals surface area (Å²) in [7, 11) is 1.79. The van der Waals surface area contributed by atoms with Crippen molar-refractivity contribution in [2.24, 2.45) is 10.9 Å². The van der Waals surface area contributed by atoms with E-state index in [1.54, 1.807) is 7.05 Å². The van der Waals surface area contributed by atoms with Crippen molar-refractivity contribution >= 4 is 5.96 Å². The molecule has 1 fully saturated rings. The van der Waals surface area contributed by atoms with Crippen LogP contribution in [-0.4, -0.2) is 66.6 Å². The zero-order valence-electron chi connectivity index (χ0n) is 17.8. The van der Waals surface area contributed by atoms with E-state index >= 15 is 0 Å². The first-order valence-electron chi connectivity index (χ1n) is 10.5. The first kappa shape index (κ1) is 21.3. The molecule has 29 heavy (non-hydrogen) atoms. The van der Waals surface area contributed by atoms with Gasteiger partial charge in [0.25, 0.3) is 0 Å². The van der Waals surface area contributed by atoms with Gasteiger partial charge < -0.3 is 15.4 Å². The van der Waals surface area contributed by atoms with E-state index in [0.29, 0.717) is 12.5 Å². The lowest BCUT2D eigenvalue weighted by Gasteiger charge is -2.34. The van der Waals surface area contributed by atoms with Crippen molar-refractivity contribution in [2.75, 3.05) is 39.8 Å². The minimum Gasteiger partial charge on any atom is -0.374 e. The smallest absolute Gasteiger partial charge is 0.191 e. The molecule has 1 saturated heterocycles. The molecule has 7 heteroatoms. The average Bonchev–Trinajstić information content (AvgIpc) is 3.16. The Morgan fingerprint density at radius 2 is 2.07 bits per heavy atom. The third-order valence-electron chi connectivity index (χ3n) is 4.90. The first-order valence-corrected chi connectivity index (χ1v) is 10.5. The summed E-state index contributed by atoms with van der Waals surface area (Å²) in [4.78, 5) is 6.81. The largest absolute Gasteiger partial charge is 0.374 e. The van der Waals surface area contributed by atoms with Gasteiger partial charge in [-0.2, -0.15) is 5.10 Å². The summed E-state index contributed by atoms with van der Waals surface area (Å²) < 4.78 is 7.87. The summed E-state index contributed by atoms with van der Waals surface area (Å²) in [5.74, 6) is 1.46. The van der Waals surface area contributed by atoms with Crippen molar-refractivity contribution in [1.82, 2.24) is 25.3 Å². The van der Waals surface area contributed by atoms with Crippen molar-refractivity contribution in [3.8, 4) is 0 Å². The highest BCUT2D eigenvalue weighted by atomic mass is 16.5. The number of rotatable bonds is 8. The zero-order valence-corrected chi connectivity index (χ0v) is 17.8. The van der Waals surface area contributed by atoms with E-state index in [4.69, 9.17) is 4.74 Å². The van der Waals surface area contributed by atoms with Crippen LogP contribution >= 0.6 is 0 Å². The molecule has 1 aliphatic rings. The van der Waals surface area contributed by atoms with Gasteiger partial charge in [-0.3, -0.25) is 14.6 Å². The van der Waals surface area contributed by atoms with Crippen LogP contribution in [-0.2, 0) is 17.8 Å². The Kier molecular flexibility index (Phi) is 8.07. The predicted octanol–water partition coefficient (Wildman–Crippen LogP) is 1.95. The van der Waals surface area contributed by atoms with Gasteiger partial charge in [0.15, 0.2) is 5.96 Å². The fourth-order valence-electron chi connectivity index (χ4n) is 3.56. The molecule has 0 aliphatic carbocycles. The molecule has 1 atom stereocenters. The number of hydrogen-bond acceptors (Lipinski definition) is 4. The van der Waals surface area contributed by atoms with Gasteiger partial charge in [0.1, 0.15) is 0 Å². The van der Waals surface area contributed by atoms with Gasteiger partial charge in [-0.25, -0.2) is 0 Å². The van der Waals surface area contributed by atoms with Crippen molar-refractivity contribution in [3.63, 3.8) is 0 Å². The maximum absolute atomic E-state index is 5.91. The molecule has 0 amide bonds. The fraction of sp³-hybridized carbons (Fsp3) is 0.545. The minimum absolute atomic E-state index is 0.190. The van der Waals surface area contributed by atoms with E-state index in [1.807, 2.05) is 16.9 Å². The third-order valence-corrected chi connectivity index (χ3v) is 4.90. The van der Waals surface area contributed by atoms with Crippen LogP contribution in [0.15, 0.2) is 47.7 Å². The second-order valence-electron chi connectivity index (χ2n) is 7.98. The highest BCUT2D eigenvalue weighted by Crippen LogP contribution is 2.07. The molecule has 0 radical (unpaired) electrons. The molecule has 1 aromatic carbocycles. The third kappa shape index (κ3) is 7.18. The minimum atomic E-state index is 0.190. The normalized spacial score (nSPS) is 18.2. The molecule has 7 nitrogen and oxygen atoms in total.